The molecule has 25 heavy (non-hydrogen) atoms. The third kappa shape index (κ3) is 6.28. The number of nitrogens with zero attached hydrogens (tertiary/aromatic N) is 1. The molecule has 3 N–H and O–H groups in total. The zero-order valence-corrected chi connectivity index (χ0v) is 15.8. The van der Waals surface area contributed by atoms with Crippen molar-refractivity contribution in [1.29, 1.82) is 0 Å². The molecule has 9 heteroatoms. The number of halogens is 2. The molecule has 1 aliphatic rings. The monoisotopic (exact) mass is 402 g/mol. The van der Waals surface area contributed by atoms with Crippen molar-refractivity contribution in [3.63, 3.8) is 0 Å². The van der Waals surface area contributed by atoms with Crippen LogP contribution in [-0.4, -0.2) is 36.4 Å². The quantitative estimate of drug-likeness (QED) is 0.690. The van der Waals surface area contributed by atoms with Gasteiger partial charge in [0.15, 0.2) is 5.13 Å². The fourth-order valence-electron chi connectivity index (χ4n) is 2.18. The lowest BCUT2D eigenvalue weighted by Gasteiger charge is -2.26. The average Bonchev–Trinajstić information content (AvgIpc) is 2.93. The smallest absolute Gasteiger partial charge is 0.257 e. The molecule has 6 nitrogen and oxygen atoms in total. The zero-order valence-electron chi connectivity index (χ0n) is 13.4. The normalized spacial score (nSPS) is 13.0. The van der Waals surface area contributed by atoms with Crippen molar-refractivity contribution in [3.05, 3.63) is 47.0 Å². The van der Waals surface area contributed by atoms with Crippen LogP contribution < -0.4 is 16.0 Å². The fraction of sp³-hybridized carbons (Fsp3) is 0.312. The number of anilines is 1. The molecule has 0 aliphatic carbocycles. The summed E-state index contributed by atoms with van der Waals surface area (Å²) < 4.78 is 0. The highest BCUT2D eigenvalue weighted by Gasteiger charge is 2.17. The largest absolute Gasteiger partial charge is 0.355 e. The Hall–Kier alpha value is -1.67. The summed E-state index contributed by atoms with van der Waals surface area (Å²) in [7, 11) is 0. The van der Waals surface area contributed by atoms with E-state index in [1.807, 2.05) is 18.2 Å². The summed E-state index contributed by atoms with van der Waals surface area (Å²) in [5.41, 5.74) is 1.25. The van der Waals surface area contributed by atoms with Crippen molar-refractivity contribution in [1.82, 2.24) is 15.6 Å². The second-order valence-electron chi connectivity index (χ2n) is 5.47. The van der Waals surface area contributed by atoms with Crippen molar-refractivity contribution in [2.75, 3.05) is 25.0 Å². The van der Waals surface area contributed by atoms with E-state index in [9.17, 15) is 9.59 Å². The van der Waals surface area contributed by atoms with E-state index in [0.29, 0.717) is 28.9 Å². The van der Waals surface area contributed by atoms with Crippen LogP contribution in [0.3, 0.4) is 0 Å². The highest BCUT2D eigenvalue weighted by molar-refractivity contribution is 7.14. The Balaban J connectivity index is 0.00000156. The number of carbonyl (C=O) groups is 2. The SMILES string of the molecule is Cl.Cl.O=C(Cc1csc(NC(=O)c2ccccc2)n1)NCC1CNC1. The Morgan fingerprint density at radius 3 is 2.56 bits per heavy atom. The molecule has 136 valence electrons. The van der Waals surface area contributed by atoms with Crippen LogP contribution in [0.2, 0.25) is 0 Å². The predicted molar refractivity (Wildman–Crippen MR) is 104 cm³/mol. The molecule has 0 saturated carbocycles. The number of thiazole rings is 1. The number of aromatic nitrogens is 1. The van der Waals surface area contributed by atoms with Gasteiger partial charge < -0.3 is 10.6 Å². The fourth-order valence-corrected chi connectivity index (χ4v) is 2.89. The number of hydrogen-bond acceptors (Lipinski definition) is 5. The topological polar surface area (TPSA) is 83.1 Å². The van der Waals surface area contributed by atoms with E-state index in [2.05, 4.69) is 20.9 Å². The number of benzene rings is 1. The number of hydrogen-bond donors (Lipinski definition) is 3. The first kappa shape index (κ1) is 21.4. The molecule has 1 saturated heterocycles. The van der Waals surface area contributed by atoms with Gasteiger partial charge in [-0.2, -0.15) is 0 Å². The number of nitrogens with one attached hydrogen (secondary N) is 3. The van der Waals surface area contributed by atoms with Gasteiger partial charge in [0.05, 0.1) is 12.1 Å². The van der Waals surface area contributed by atoms with E-state index in [0.717, 1.165) is 13.1 Å². The van der Waals surface area contributed by atoms with Crippen LogP contribution in [0, 0.1) is 5.92 Å². The first-order valence-electron chi connectivity index (χ1n) is 7.49. The van der Waals surface area contributed by atoms with Crippen molar-refractivity contribution >= 4 is 53.1 Å². The lowest BCUT2D eigenvalue weighted by molar-refractivity contribution is -0.120. The summed E-state index contributed by atoms with van der Waals surface area (Å²) in [6.45, 7) is 2.63. The van der Waals surface area contributed by atoms with E-state index in [-0.39, 0.29) is 43.0 Å². The molecule has 2 aromatic rings. The van der Waals surface area contributed by atoms with Gasteiger partial charge >= 0.3 is 0 Å². The summed E-state index contributed by atoms with van der Waals surface area (Å²) >= 11 is 1.32. The van der Waals surface area contributed by atoms with Crippen LogP contribution >= 0.6 is 36.2 Å². The van der Waals surface area contributed by atoms with Crippen LogP contribution in [0.4, 0.5) is 5.13 Å². The molecule has 1 aromatic carbocycles. The Kier molecular flexibility index (Phi) is 8.85. The molecular formula is C16H20Cl2N4O2S. The van der Waals surface area contributed by atoms with Crippen molar-refractivity contribution in [2.45, 2.75) is 6.42 Å². The van der Waals surface area contributed by atoms with Gasteiger partial charge in [0.2, 0.25) is 5.91 Å². The number of rotatable bonds is 6. The average molecular weight is 403 g/mol. The molecular weight excluding hydrogens is 383 g/mol. The van der Waals surface area contributed by atoms with Gasteiger partial charge in [-0.25, -0.2) is 4.98 Å². The van der Waals surface area contributed by atoms with Crippen LogP contribution in [0.5, 0.6) is 0 Å². The minimum Gasteiger partial charge on any atom is -0.355 e. The highest BCUT2D eigenvalue weighted by Crippen LogP contribution is 2.17. The van der Waals surface area contributed by atoms with Crippen molar-refractivity contribution in [3.8, 4) is 0 Å². The highest BCUT2D eigenvalue weighted by atomic mass is 35.5. The van der Waals surface area contributed by atoms with Crippen molar-refractivity contribution < 1.29 is 9.59 Å². The Morgan fingerprint density at radius 2 is 1.92 bits per heavy atom. The minimum absolute atomic E-state index is 0. The van der Waals surface area contributed by atoms with E-state index in [4.69, 9.17) is 0 Å². The summed E-state index contributed by atoms with van der Waals surface area (Å²) in [6, 6.07) is 8.96. The maximum atomic E-state index is 12.0. The second kappa shape index (κ2) is 10.4. The van der Waals surface area contributed by atoms with Crippen LogP contribution in [-0.2, 0) is 11.2 Å². The Morgan fingerprint density at radius 1 is 1.20 bits per heavy atom. The molecule has 0 spiro atoms. The zero-order chi connectivity index (χ0) is 16.1. The van der Waals surface area contributed by atoms with Gasteiger partial charge in [-0.15, -0.1) is 36.2 Å². The lowest BCUT2D eigenvalue weighted by Crippen LogP contribution is -2.48. The third-order valence-electron chi connectivity index (χ3n) is 3.60. The molecule has 0 atom stereocenters. The molecule has 2 heterocycles. The molecule has 1 aliphatic heterocycles. The van der Waals surface area contributed by atoms with Gasteiger partial charge in [-0.1, -0.05) is 18.2 Å². The molecule has 0 unspecified atom stereocenters. The minimum atomic E-state index is -0.201. The first-order chi connectivity index (χ1) is 11.2. The molecule has 1 aromatic heterocycles. The maximum absolute atomic E-state index is 12.0. The van der Waals surface area contributed by atoms with Gasteiger partial charge in [-0.3, -0.25) is 14.9 Å². The summed E-state index contributed by atoms with van der Waals surface area (Å²) in [4.78, 5) is 28.2. The molecule has 3 rings (SSSR count). The summed E-state index contributed by atoms with van der Waals surface area (Å²) in [5.74, 6) is 0.298. The van der Waals surface area contributed by atoms with Crippen molar-refractivity contribution in [2.24, 2.45) is 5.92 Å². The van der Waals surface area contributed by atoms with E-state index >= 15 is 0 Å². The molecule has 1 fully saturated rings. The standard InChI is InChI=1S/C16H18N4O2S.2ClH/c21-14(18-9-11-7-17-8-11)6-13-10-23-16(19-13)20-15(22)12-4-2-1-3-5-12;;/h1-5,10-11,17H,6-9H2,(H,18,21)(H,19,20,22);2*1H. The number of amides is 2. The van der Waals surface area contributed by atoms with Gasteiger partial charge in [0.1, 0.15) is 0 Å². The lowest BCUT2D eigenvalue weighted by atomic mass is 10.0. The van der Waals surface area contributed by atoms with Crippen LogP contribution in [0.25, 0.3) is 0 Å². The summed E-state index contributed by atoms with van der Waals surface area (Å²) in [6.07, 6.45) is 0.234. The van der Waals surface area contributed by atoms with Gasteiger partial charge in [0, 0.05) is 36.5 Å². The predicted octanol–water partition coefficient (Wildman–Crippen LogP) is 2.12. The number of carbonyl (C=O) groups excluding carboxylic acids is 2. The van der Waals surface area contributed by atoms with E-state index in [1.54, 1.807) is 17.5 Å². The van der Waals surface area contributed by atoms with E-state index in [1.165, 1.54) is 11.3 Å². The van der Waals surface area contributed by atoms with Crippen LogP contribution in [0.15, 0.2) is 35.7 Å². The van der Waals surface area contributed by atoms with Crippen LogP contribution in [0.1, 0.15) is 16.1 Å². The molecule has 0 radical (unpaired) electrons. The van der Waals surface area contributed by atoms with Gasteiger partial charge in [-0.05, 0) is 12.1 Å². The first-order valence-corrected chi connectivity index (χ1v) is 8.37. The van der Waals surface area contributed by atoms with Gasteiger partial charge in [0.25, 0.3) is 5.91 Å². The Labute approximate surface area is 162 Å². The summed E-state index contributed by atoms with van der Waals surface area (Å²) in [5, 5.41) is 11.1. The third-order valence-corrected chi connectivity index (χ3v) is 4.41. The molecule has 2 amide bonds. The Bertz CT molecular complexity index is 692. The molecule has 0 bridgehead atoms. The maximum Gasteiger partial charge on any atom is 0.257 e. The van der Waals surface area contributed by atoms with E-state index < -0.39 is 0 Å². The second-order valence-corrected chi connectivity index (χ2v) is 6.33.